The first kappa shape index (κ1) is 88.0. The first-order chi connectivity index (χ1) is 55.1. The van der Waals surface area contributed by atoms with E-state index in [1.54, 1.807) is 30.3 Å². The molecule has 1 aromatic heterocycles. The van der Waals surface area contributed by atoms with Gasteiger partial charge in [0.2, 0.25) is 25.9 Å². The van der Waals surface area contributed by atoms with E-state index in [-0.39, 0.29) is 38.1 Å². The van der Waals surface area contributed by atoms with Gasteiger partial charge in [-0.15, -0.1) is 0 Å². The van der Waals surface area contributed by atoms with Gasteiger partial charge in [-0.1, -0.05) is 167 Å². The maximum Gasteiger partial charge on any atom is 0.304 e. The summed E-state index contributed by atoms with van der Waals surface area (Å²) in [5.41, 5.74) is 28.8. The summed E-state index contributed by atoms with van der Waals surface area (Å²) in [5.74, 6) is -0.155. The monoisotopic (exact) mass is 1640 g/mol. The van der Waals surface area contributed by atoms with Gasteiger partial charge in [0.1, 0.15) is 11.5 Å². The number of nitrogens with two attached hydrogens (primary N) is 4. The summed E-state index contributed by atoms with van der Waals surface area (Å²) in [6, 6.07) is 92.4. The van der Waals surface area contributed by atoms with E-state index in [0.29, 0.717) is 11.3 Å². The molecule has 23 nitrogen and oxygen atoms in total. The first-order valence-electron chi connectivity index (χ1n) is 35.3. The van der Waals surface area contributed by atoms with Gasteiger partial charge in [-0.25, -0.2) is 40.5 Å². The summed E-state index contributed by atoms with van der Waals surface area (Å²) in [5, 5.41) is 40.2. The van der Waals surface area contributed by atoms with E-state index in [2.05, 4.69) is 51.7 Å². The Morgan fingerprint density at radius 2 is 0.819 bits per heavy atom. The van der Waals surface area contributed by atoms with E-state index in [4.69, 9.17) is 38.3 Å². The lowest BCUT2D eigenvalue weighted by molar-refractivity contribution is -0.387. The van der Waals surface area contributed by atoms with E-state index in [9.17, 15) is 59.5 Å². The second-order valence-electron chi connectivity index (χ2n) is 26.0. The molecule has 0 aliphatic heterocycles. The van der Waals surface area contributed by atoms with Gasteiger partial charge in [-0.05, 0) is 216 Å². The molecule has 0 spiro atoms. The number of fused-ring (bicyclic) bond motifs is 1. The van der Waals surface area contributed by atoms with Crippen LogP contribution in [0.15, 0.2) is 330 Å². The lowest BCUT2D eigenvalue weighted by Gasteiger charge is -2.12. The Balaban J connectivity index is 0.000000175. The smallest absolute Gasteiger partial charge is 0.304 e. The molecule has 0 saturated heterocycles. The Labute approximate surface area is 677 Å². The number of ketones is 1. The number of imidazole rings is 1. The van der Waals surface area contributed by atoms with Gasteiger partial charge in [0.15, 0.2) is 15.6 Å². The number of anilines is 8. The highest BCUT2D eigenvalue weighted by Crippen LogP contribution is 2.32. The fourth-order valence-electron chi connectivity index (χ4n) is 10.6. The molecule has 13 aromatic carbocycles. The minimum absolute atomic E-state index is 0.0134. The number of nitrogens with zero attached hydrogens (tertiary/aromatic N) is 4. The molecule has 0 amide bonds. The zero-order valence-electron chi connectivity index (χ0n) is 63.7. The van der Waals surface area contributed by atoms with Crippen LogP contribution in [0.3, 0.4) is 0 Å². The van der Waals surface area contributed by atoms with Crippen LogP contribution >= 0.6 is 11.6 Å². The SMILES string of the molecule is CS(=O)(=O)c1ccc(C(=O)Cl)cc1.Cc1ccc(-n2c(-c3ccc(S(N)(=O)=O)cc3)nc3ccccc32)cc1.Cc1ccc(N)cc1.Cc1ccc(Nc2ccccc2CC(=O)c2ccc(S(N)(=O)=O)cc2)cc1.Cc1ccc(Nc2ccccc2N)cc1.Cc1ccc(Nc2ccccc2[N+](=O)[O-])cc1.O=[N+]([O-])c1ccccc1F. The molecule has 0 bridgehead atoms. The molecule has 0 radical (unpaired) electrons. The summed E-state index contributed by atoms with van der Waals surface area (Å²) < 4.78 is 82.1. The highest BCUT2D eigenvalue weighted by Gasteiger charge is 2.19. The Bertz CT molecular complexity index is 6040. The van der Waals surface area contributed by atoms with Crippen LogP contribution in [0.5, 0.6) is 0 Å². The number of nitro benzene ring substituents is 2. The van der Waals surface area contributed by atoms with Crippen molar-refractivity contribution >= 4 is 120 Å². The third kappa shape index (κ3) is 27.1. The Hall–Kier alpha value is -13.5. The van der Waals surface area contributed by atoms with E-state index in [1.807, 2.05) is 198 Å². The predicted octanol–water partition coefficient (Wildman–Crippen LogP) is 19.2. The van der Waals surface area contributed by atoms with Crippen LogP contribution in [0.1, 0.15) is 54.1 Å². The fourth-order valence-corrected chi connectivity index (χ4v) is 12.4. The Morgan fingerprint density at radius 3 is 1.27 bits per heavy atom. The zero-order valence-corrected chi connectivity index (χ0v) is 66.9. The molecule has 28 heteroatoms. The number of carbonyl (C=O) groups excluding carboxylic acids is 2. The lowest BCUT2D eigenvalue weighted by Crippen LogP contribution is -2.12. The number of nitro groups is 2. The first-order valence-corrected chi connectivity index (χ1v) is 40.7. The molecule has 1 heterocycles. The molecule has 0 aliphatic carbocycles. The molecular weight excluding hydrogens is 1550 g/mol. The third-order valence-corrected chi connectivity index (χ3v) is 20.1. The standard InChI is InChI=1S/C21H20N2O3S.C20H17N3O2S.C13H12N2O2.C13H14N2.C8H7ClO3S.C7H9N.C6H4FNO2/c1-15-6-10-18(11-7-15)23-20-5-3-2-4-17(20)14-21(24)16-8-12-19(13-9-16)27(22,25)26;1-14-6-10-16(11-7-14)23-19-5-3-2-4-18(19)22-20(23)15-8-12-17(13-9-15)26(21,24)25;1-10-6-8-11(9-7-10)14-12-4-2-3-5-13(12)15(16)17;1-10-6-8-11(9-7-10)15-13-5-3-2-4-12(13)14;1-13(11,12)7-4-2-6(3-5-7)8(9)10;1-6-2-4-7(8)5-3-6;7-5-3-1-2-4-6(5)8(9)10/h2-13,23H,14H2,1H3,(H2,22,25,26);2-13H,1H3,(H2,21,24,25);2-9,14H,1H3;2-9,15H,14H2,1H3;2-5H,1H3;2-5H,8H2,1H3;1-4H. The number of para-hydroxylation sites is 8. The summed E-state index contributed by atoms with van der Waals surface area (Å²) >= 11 is 5.18. The highest BCUT2D eigenvalue weighted by molar-refractivity contribution is 7.90. The average molecular weight is 1640 g/mol. The van der Waals surface area contributed by atoms with Crippen LogP contribution in [-0.4, -0.2) is 61.9 Å². The van der Waals surface area contributed by atoms with E-state index in [1.165, 1.54) is 101 Å². The van der Waals surface area contributed by atoms with E-state index < -0.39 is 56.5 Å². The minimum atomic E-state index is -3.77. The van der Waals surface area contributed by atoms with Crippen LogP contribution in [0.4, 0.5) is 61.3 Å². The van der Waals surface area contributed by atoms with Crippen molar-refractivity contribution in [2.75, 3.05) is 33.7 Å². The Kier molecular flexibility index (Phi) is 31.3. The molecule has 594 valence electrons. The van der Waals surface area contributed by atoms with Gasteiger partial charge in [-0.3, -0.25) is 34.4 Å². The van der Waals surface area contributed by atoms with Crippen molar-refractivity contribution in [2.24, 2.45) is 10.3 Å². The largest absolute Gasteiger partial charge is 0.399 e. The van der Waals surface area contributed by atoms with Gasteiger partial charge >= 0.3 is 5.69 Å². The van der Waals surface area contributed by atoms with Gasteiger partial charge < -0.3 is 27.4 Å². The molecule has 11 N–H and O–H groups in total. The number of hydrogen-bond acceptors (Lipinski definition) is 18. The number of sulfonamides is 2. The molecule has 0 aliphatic rings. The van der Waals surface area contributed by atoms with Crippen LogP contribution < -0.4 is 37.7 Å². The maximum atomic E-state index is 12.6. The number of Topliss-reactive ketones (excluding diaryl/α,β-unsaturated/α-hetero) is 1. The van der Waals surface area contributed by atoms with Gasteiger partial charge in [0, 0.05) is 75.6 Å². The number of aryl methyl sites for hydroxylation is 5. The van der Waals surface area contributed by atoms with Crippen molar-refractivity contribution < 1.29 is 49.1 Å². The summed E-state index contributed by atoms with van der Waals surface area (Å²) in [6.45, 7) is 10.2. The fraction of sp³-hybridized carbons (Fsp3) is 0.0795. The second-order valence-corrected chi connectivity index (χ2v) is 31.5. The molecule has 14 aromatic rings. The molecule has 0 atom stereocenters. The van der Waals surface area contributed by atoms with Crippen LogP contribution in [0.25, 0.3) is 28.1 Å². The van der Waals surface area contributed by atoms with Crippen molar-refractivity contribution in [1.29, 1.82) is 0 Å². The van der Waals surface area contributed by atoms with Gasteiger partial charge in [0.25, 0.3) is 10.9 Å². The number of nitrogens with one attached hydrogen (secondary N) is 3. The van der Waals surface area contributed by atoms with Crippen molar-refractivity contribution in [1.82, 2.24) is 9.55 Å². The number of sulfone groups is 1. The topological polar surface area (TPSA) is 381 Å². The predicted molar refractivity (Wildman–Crippen MR) is 461 cm³/mol. The third-order valence-electron chi connectivity index (χ3n) is 16.9. The number of rotatable bonds is 17. The number of hydrogen-bond donors (Lipinski definition) is 7. The number of halogens is 2. The second kappa shape index (κ2) is 41.3. The summed E-state index contributed by atoms with van der Waals surface area (Å²) in [7, 11) is -10.7. The summed E-state index contributed by atoms with van der Waals surface area (Å²) in [4.78, 5) is 47.9. The van der Waals surface area contributed by atoms with Crippen molar-refractivity contribution in [2.45, 2.75) is 55.7 Å². The molecule has 14 rings (SSSR count). The number of primary sulfonamides is 2. The molecule has 0 unspecified atom stereocenters. The number of carbonyl (C=O) groups is 2. The Morgan fingerprint density at radius 1 is 0.440 bits per heavy atom. The minimum Gasteiger partial charge on any atom is -0.399 e. The van der Waals surface area contributed by atoms with Crippen molar-refractivity contribution in [3.05, 3.63) is 386 Å². The maximum absolute atomic E-state index is 12.6. The van der Waals surface area contributed by atoms with Gasteiger partial charge in [0.05, 0.1) is 46.9 Å². The van der Waals surface area contributed by atoms with Crippen molar-refractivity contribution in [3.8, 4) is 17.1 Å². The molecular formula is C88H83ClFN11O12S3. The molecule has 0 saturated carbocycles. The van der Waals surface area contributed by atoms with E-state index in [0.717, 1.165) is 97.4 Å². The highest BCUT2D eigenvalue weighted by atomic mass is 35.5. The van der Waals surface area contributed by atoms with Crippen LogP contribution in [0, 0.1) is 60.7 Å². The number of aromatic nitrogens is 2. The van der Waals surface area contributed by atoms with Crippen LogP contribution in [0.2, 0.25) is 0 Å². The lowest BCUT2D eigenvalue weighted by atomic mass is 10.0. The summed E-state index contributed by atoms with van der Waals surface area (Å²) in [6.07, 6.45) is 1.30. The normalized spacial score (nSPS) is 10.7. The van der Waals surface area contributed by atoms with Crippen LogP contribution in [-0.2, 0) is 36.3 Å². The quantitative estimate of drug-likeness (QED) is 0.0146. The van der Waals surface area contributed by atoms with Crippen molar-refractivity contribution in [3.63, 3.8) is 0 Å². The number of benzene rings is 13. The molecule has 116 heavy (non-hydrogen) atoms. The number of nitrogen functional groups attached to an aromatic ring is 2. The van der Waals surface area contributed by atoms with E-state index >= 15 is 0 Å². The average Bonchev–Trinajstić information content (AvgIpc) is 1.61. The van der Waals surface area contributed by atoms with Gasteiger partial charge in [-0.2, -0.15) is 4.39 Å². The zero-order chi connectivity index (χ0) is 84.3. The molecule has 0 fully saturated rings.